The van der Waals surface area contributed by atoms with Crippen LogP contribution in [0.15, 0.2) is 0 Å². The maximum absolute atomic E-state index is 12.5. The monoisotopic (exact) mass is 296 g/mol. The van der Waals surface area contributed by atoms with Crippen LogP contribution in [0.3, 0.4) is 0 Å². The van der Waals surface area contributed by atoms with E-state index in [1.54, 1.807) is 0 Å². The standard InChI is InChI=1S/C17H32N2O2/c1-14(2)13-21-16-7-11-18(12-8-16)15(3)17(20)19-9-5-4-6-10-19/h14-16H,4-13H2,1-3H3. The lowest BCUT2D eigenvalue weighted by Crippen LogP contribution is -2.51. The molecule has 2 saturated heterocycles. The van der Waals surface area contributed by atoms with Crippen LogP contribution in [0.4, 0.5) is 0 Å². The van der Waals surface area contributed by atoms with Gasteiger partial charge in [-0.2, -0.15) is 0 Å². The Labute approximate surface area is 129 Å². The van der Waals surface area contributed by atoms with E-state index >= 15 is 0 Å². The third kappa shape index (κ3) is 4.96. The normalized spacial score (nSPS) is 23.5. The van der Waals surface area contributed by atoms with Gasteiger partial charge in [0.1, 0.15) is 0 Å². The zero-order valence-electron chi connectivity index (χ0n) is 14.0. The molecular formula is C17H32N2O2. The smallest absolute Gasteiger partial charge is 0.239 e. The van der Waals surface area contributed by atoms with Crippen molar-refractivity contribution in [3.63, 3.8) is 0 Å². The highest BCUT2D eigenvalue weighted by molar-refractivity contribution is 5.81. The Morgan fingerprint density at radius 2 is 1.67 bits per heavy atom. The van der Waals surface area contributed by atoms with Crippen molar-refractivity contribution < 1.29 is 9.53 Å². The van der Waals surface area contributed by atoms with Crippen LogP contribution in [-0.4, -0.2) is 60.6 Å². The third-order valence-electron chi connectivity index (χ3n) is 4.71. The molecule has 2 rings (SSSR count). The van der Waals surface area contributed by atoms with Gasteiger partial charge in [0, 0.05) is 32.8 Å². The molecule has 1 atom stereocenters. The molecule has 2 aliphatic heterocycles. The minimum Gasteiger partial charge on any atom is -0.378 e. The van der Waals surface area contributed by atoms with Gasteiger partial charge in [0.15, 0.2) is 0 Å². The number of carbonyl (C=O) groups excluding carboxylic acids is 1. The zero-order chi connectivity index (χ0) is 15.2. The van der Waals surface area contributed by atoms with Crippen LogP contribution >= 0.6 is 0 Å². The van der Waals surface area contributed by atoms with Crippen molar-refractivity contribution in [2.75, 3.05) is 32.8 Å². The fraction of sp³-hybridized carbons (Fsp3) is 0.941. The molecule has 4 nitrogen and oxygen atoms in total. The van der Waals surface area contributed by atoms with Gasteiger partial charge in [0.05, 0.1) is 12.1 Å². The fourth-order valence-electron chi connectivity index (χ4n) is 3.29. The van der Waals surface area contributed by atoms with E-state index in [2.05, 4.69) is 30.6 Å². The van der Waals surface area contributed by atoms with Crippen LogP contribution in [0.1, 0.15) is 52.9 Å². The average Bonchev–Trinajstić information content (AvgIpc) is 2.53. The molecule has 0 aromatic rings. The van der Waals surface area contributed by atoms with Crippen molar-refractivity contribution in [2.24, 2.45) is 5.92 Å². The van der Waals surface area contributed by atoms with E-state index in [4.69, 9.17) is 4.74 Å². The number of nitrogens with zero attached hydrogens (tertiary/aromatic N) is 2. The van der Waals surface area contributed by atoms with Gasteiger partial charge in [0.2, 0.25) is 5.91 Å². The van der Waals surface area contributed by atoms with Gasteiger partial charge in [-0.3, -0.25) is 9.69 Å². The van der Waals surface area contributed by atoms with Crippen LogP contribution in [0.5, 0.6) is 0 Å². The minimum atomic E-state index is 0.0362. The molecule has 21 heavy (non-hydrogen) atoms. The van der Waals surface area contributed by atoms with Gasteiger partial charge in [-0.05, 0) is 44.9 Å². The van der Waals surface area contributed by atoms with E-state index in [1.807, 2.05) is 0 Å². The summed E-state index contributed by atoms with van der Waals surface area (Å²) in [7, 11) is 0. The molecule has 2 aliphatic rings. The Hall–Kier alpha value is -0.610. The first-order valence-electron chi connectivity index (χ1n) is 8.72. The molecule has 0 radical (unpaired) electrons. The predicted octanol–water partition coefficient (Wildman–Crippen LogP) is 2.52. The summed E-state index contributed by atoms with van der Waals surface area (Å²) in [4.78, 5) is 17.0. The van der Waals surface area contributed by atoms with Crippen molar-refractivity contribution in [2.45, 2.75) is 65.0 Å². The summed E-state index contributed by atoms with van der Waals surface area (Å²) in [6, 6.07) is 0.0362. The molecule has 0 N–H and O–H groups in total. The van der Waals surface area contributed by atoms with Gasteiger partial charge < -0.3 is 9.64 Å². The summed E-state index contributed by atoms with van der Waals surface area (Å²) < 4.78 is 5.93. The number of ether oxygens (including phenoxy) is 1. The minimum absolute atomic E-state index is 0.0362. The molecule has 0 aromatic heterocycles. The SMILES string of the molecule is CC(C)COC1CCN(C(C)C(=O)N2CCCCC2)CC1. The number of piperidine rings is 2. The Bertz CT molecular complexity index is 319. The van der Waals surface area contributed by atoms with Crippen LogP contribution in [0, 0.1) is 5.92 Å². The topological polar surface area (TPSA) is 32.8 Å². The van der Waals surface area contributed by atoms with Gasteiger partial charge in [-0.15, -0.1) is 0 Å². The van der Waals surface area contributed by atoms with E-state index in [0.29, 0.717) is 17.9 Å². The number of rotatable bonds is 5. The molecule has 4 heteroatoms. The molecular weight excluding hydrogens is 264 g/mol. The van der Waals surface area contributed by atoms with E-state index in [9.17, 15) is 4.79 Å². The van der Waals surface area contributed by atoms with Crippen molar-refractivity contribution in [3.05, 3.63) is 0 Å². The molecule has 2 heterocycles. The molecule has 0 saturated carbocycles. The van der Waals surface area contributed by atoms with E-state index in [1.165, 1.54) is 19.3 Å². The van der Waals surface area contributed by atoms with Crippen molar-refractivity contribution in [1.29, 1.82) is 0 Å². The molecule has 0 spiro atoms. The van der Waals surface area contributed by atoms with E-state index < -0.39 is 0 Å². The number of carbonyl (C=O) groups is 1. The van der Waals surface area contributed by atoms with Gasteiger partial charge in [0.25, 0.3) is 0 Å². The molecule has 1 unspecified atom stereocenters. The summed E-state index contributed by atoms with van der Waals surface area (Å²) in [5.74, 6) is 0.930. The van der Waals surface area contributed by atoms with Crippen LogP contribution < -0.4 is 0 Å². The summed E-state index contributed by atoms with van der Waals surface area (Å²) >= 11 is 0. The molecule has 0 bridgehead atoms. The Kier molecular flexibility index (Phi) is 6.49. The molecule has 0 aromatic carbocycles. The van der Waals surface area contributed by atoms with E-state index in [-0.39, 0.29) is 6.04 Å². The number of likely N-dealkylation sites (tertiary alicyclic amines) is 2. The maximum Gasteiger partial charge on any atom is 0.239 e. The third-order valence-corrected chi connectivity index (χ3v) is 4.71. The highest BCUT2D eigenvalue weighted by Crippen LogP contribution is 2.19. The van der Waals surface area contributed by atoms with Crippen molar-refractivity contribution in [3.8, 4) is 0 Å². The van der Waals surface area contributed by atoms with Gasteiger partial charge in [-0.1, -0.05) is 13.8 Å². The molecule has 122 valence electrons. The first-order valence-corrected chi connectivity index (χ1v) is 8.72. The second kappa shape index (κ2) is 8.14. The zero-order valence-corrected chi connectivity index (χ0v) is 14.0. The van der Waals surface area contributed by atoms with Gasteiger partial charge >= 0.3 is 0 Å². The molecule has 1 amide bonds. The summed E-state index contributed by atoms with van der Waals surface area (Å²) in [6.45, 7) is 11.2. The average molecular weight is 296 g/mol. The Balaban J connectivity index is 1.74. The second-order valence-corrected chi connectivity index (χ2v) is 7.02. The van der Waals surface area contributed by atoms with Gasteiger partial charge in [-0.25, -0.2) is 0 Å². The lowest BCUT2D eigenvalue weighted by molar-refractivity contribution is -0.138. The largest absolute Gasteiger partial charge is 0.378 e. The number of hydrogen-bond donors (Lipinski definition) is 0. The van der Waals surface area contributed by atoms with Crippen molar-refractivity contribution >= 4 is 5.91 Å². The van der Waals surface area contributed by atoms with Crippen LogP contribution in [0.2, 0.25) is 0 Å². The Morgan fingerprint density at radius 1 is 1.05 bits per heavy atom. The predicted molar refractivity (Wildman–Crippen MR) is 85.3 cm³/mol. The Morgan fingerprint density at radius 3 is 2.24 bits per heavy atom. The number of amides is 1. The number of hydrogen-bond acceptors (Lipinski definition) is 3. The summed E-state index contributed by atoms with van der Waals surface area (Å²) in [5, 5.41) is 0. The molecule has 2 fully saturated rings. The lowest BCUT2D eigenvalue weighted by atomic mass is 10.0. The highest BCUT2D eigenvalue weighted by Gasteiger charge is 2.30. The van der Waals surface area contributed by atoms with Crippen molar-refractivity contribution in [1.82, 2.24) is 9.80 Å². The second-order valence-electron chi connectivity index (χ2n) is 7.02. The highest BCUT2D eigenvalue weighted by atomic mass is 16.5. The maximum atomic E-state index is 12.5. The lowest BCUT2D eigenvalue weighted by Gasteiger charge is -2.38. The fourth-order valence-corrected chi connectivity index (χ4v) is 3.29. The quantitative estimate of drug-likeness (QED) is 0.781. The molecule has 0 aliphatic carbocycles. The van der Waals surface area contributed by atoms with Crippen LogP contribution in [-0.2, 0) is 9.53 Å². The first-order chi connectivity index (χ1) is 10.1. The van der Waals surface area contributed by atoms with E-state index in [0.717, 1.165) is 45.6 Å². The van der Waals surface area contributed by atoms with Crippen LogP contribution in [0.25, 0.3) is 0 Å². The summed E-state index contributed by atoms with van der Waals surface area (Å²) in [5.41, 5.74) is 0. The summed E-state index contributed by atoms with van der Waals surface area (Å²) in [6.07, 6.45) is 6.12. The first kappa shape index (κ1) is 16.8.